The fraction of sp³-hybridized carbons (Fsp3) is 0.467. The maximum absolute atomic E-state index is 15.3. The van der Waals surface area contributed by atoms with Gasteiger partial charge in [0.15, 0.2) is 0 Å². The molecule has 0 unspecified atom stereocenters. The molecule has 2 atom stereocenters. The molecule has 0 aliphatic carbocycles. The number of amides is 1. The number of carbonyl (C=O) groups excluding carboxylic acids is 2. The van der Waals surface area contributed by atoms with Gasteiger partial charge in [-0.2, -0.15) is 0 Å². The van der Waals surface area contributed by atoms with E-state index in [1.165, 1.54) is 20.8 Å². The molecule has 1 saturated heterocycles. The van der Waals surface area contributed by atoms with Gasteiger partial charge in [0.05, 0.1) is 7.11 Å². The fourth-order valence-electron chi connectivity index (χ4n) is 2.64. The maximum Gasteiger partial charge on any atom is 0.368 e. The lowest BCUT2D eigenvalue weighted by Gasteiger charge is -2.35. The molecule has 1 fully saturated rings. The summed E-state index contributed by atoms with van der Waals surface area (Å²) in [6.45, 7) is 4.47. The number of esters is 1. The monoisotopic (exact) mass is 295 g/mol. The zero-order chi connectivity index (χ0) is 15.8. The van der Waals surface area contributed by atoms with Crippen molar-refractivity contribution in [2.75, 3.05) is 7.11 Å². The number of carbonyl (C=O) groups is 2. The third-order valence-corrected chi connectivity index (χ3v) is 3.56. The first-order chi connectivity index (χ1) is 9.75. The third kappa shape index (κ3) is 2.29. The third-order valence-electron chi connectivity index (χ3n) is 3.56. The number of hydrogen-bond acceptors (Lipinski definition) is 4. The first kappa shape index (κ1) is 15.4. The second-order valence-electron chi connectivity index (χ2n) is 5.38. The fourth-order valence-corrected chi connectivity index (χ4v) is 2.64. The SMILES string of the molecule is COC(=O)[C@]1(F)[C@@H](C)OC(C)(C)N1C(=O)c1ccccc1. The molecule has 21 heavy (non-hydrogen) atoms. The second kappa shape index (κ2) is 5.11. The predicted octanol–water partition coefficient (Wildman–Crippen LogP) is 2.12. The molecule has 5 nitrogen and oxygen atoms in total. The van der Waals surface area contributed by atoms with Gasteiger partial charge >= 0.3 is 11.8 Å². The van der Waals surface area contributed by atoms with Crippen molar-refractivity contribution in [3.63, 3.8) is 0 Å². The topological polar surface area (TPSA) is 55.8 Å². The molecule has 0 saturated carbocycles. The van der Waals surface area contributed by atoms with Gasteiger partial charge in [0, 0.05) is 5.56 Å². The molecule has 1 aliphatic rings. The van der Waals surface area contributed by atoms with E-state index in [1.54, 1.807) is 30.3 Å². The average Bonchev–Trinajstić information content (AvgIpc) is 2.64. The summed E-state index contributed by atoms with van der Waals surface area (Å²) in [5, 5.41) is 0. The molecule has 0 spiro atoms. The van der Waals surface area contributed by atoms with E-state index in [2.05, 4.69) is 4.74 Å². The molecule has 0 N–H and O–H groups in total. The Morgan fingerprint density at radius 2 is 1.86 bits per heavy atom. The minimum Gasteiger partial charge on any atom is -0.465 e. The Morgan fingerprint density at radius 1 is 1.29 bits per heavy atom. The first-order valence-corrected chi connectivity index (χ1v) is 6.60. The van der Waals surface area contributed by atoms with Crippen LogP contribution < -0.4 is 0 Å². The Kier molecular flexibility index (Phi) is 3.76. The summed E-state index contributed by atoms with van der Waals surface area (Å²) in [6.07, 6.45) is -1.13. The molecule has 0 aromatic heterocycles. The largest absolute Gasteiger partial charge is 0.465 e. The van der Waals surface area contributed by atoms with E-state index in [4.69, 9.17) is 4.74 Å². The van der Waals surface area contributed by atoms with Crippen molar-refractivity contribution in [2.45, 2.75) is 38.4 Å². The van der Waals surface area contributed by atoms with Crippen molar-refractivity contribution < 1.29 is 23.5 Å². The molecule has 0 bridgehead atoms. The van der Waals surface area contributed by atoms with Crippen LogP contribution in [-0.4, -0.2) is 41.5 Å². The lowest BCUT2D eigenvalue weighted by Crippen LogP contribution is -2.59. The number of benzene rings is 1. The van der Waals surface area contributed by atoms with Crippen LogP contribution in [0.5, 0.6) is 0 Å². The number of hydrogen-bond donors (Lipinski definition) is 0. The highest BCUT2D eigenvalue weighted by atomic mass is 19.1. The van der Waals surface area contributed by atoms with Crippen LogP contribution in [0.1, 0.15) is 31.1 Å². The molecule has 114 valence electrons. The van der Waals surface area contributed by atoms with Crippen LogP contribution in [-0.2, 0) is 14.3 Å². The molecule has 1 amide bonds. The normalized spacial score (nSPS) is 27.5. The van der Waals surface area contributed by atoms with E-state index < -0.39 is 29.5 Å². The van der Waals surface area contributed by atoms with Gasteiger partial charge in [-0.3, -0.25) is 9.69 Å². The van der Waals surface area contributed by atoms with E-state index in [0.29, 0.717) is 0 Å². The standard InChI is InChI=1S/C15H18FNO4/c1-10-15(16,13(19)20-4)17(14(2,3)21-10)12(18)11-8-6-5-7-9-11/h5-10H,1-4H3/t10-,15+/m1/s1. The van der Waals surface area contributed by atoms with Gasteiger partial charge in [-0.25, -0.2) is 9.18 Å². The van der Waals surface area contributed by atoms with Crippen molar-refractivity contribution in [1.29, 1.82) is 0 Å². The average molecular weight is 295 g/mol. The molecule has 6 heteroatoms. The zero-order valence-electron chi connectivity index (χ0n) is 12.4. The number of ether oxygens (including phenoxy) is 2. The van der Waals surface area contributed by atoms with Gasteiger partial charge < -0.3 is 9.47 Å². The van der Waals surface area contributed by atoms with Crippen molar-refractivity contribution >= 4 is 11.9 Å². The first-order valence-electron chi connectivity index (χ1n) is 6.60. The van der Waals surface area contributed by atoms with Crippen LogP contribution in [0.4, 0.5) is 4.39 Å². The quantitative estimate of drug-likeness (QED) is 0.619. The summed E-state index contributed by atoms with van der Waals surface area (Å²) in [7, 11) is 1.08. The van der Waals surface area contributed by atoms with Gasteiger partial charge in [0.25, 0.3) is 5.91 Å². The summed E-state index contributed by atoms with van der Waals surface area (Å²) in [5.41, 5.74) is -0.996. The smallest absolute Gasteiger partial charge is 0.368 e. The minimum atomic E-state index is -2.66. The van der Waals surface area contributed by atoms with Crippen LogP contribution in [0, 0.1) is 0 Å². The Hall–Kier alpha value is -1.95. The lowest BCUT2D eigenvalue weighted by atomic mass is 10.1. The Bertz CT molecular complexity index is 560. The van der Waals surface area contributed by atoms with Crippen LogP contribution >= 0.6 is 0 Å². The molecule has 0 radical (unpaired) electrons. The molecule has 2 rings (SSSR count). The number of nitrogens with zero attached hydrogens (tertiary/aromatic N) is 1. The number of alkyl halides is 1. The van der Waals surface area contributed by atoms with E-state index >= 15 is 4.39 Å². The summed E-state index contributed by atoms with van der Waals surface area (Å²) in [6, 6.07) is 8.18. The number of rotatable bonds is 2. The van der Waals surface area contributed by atoms with E-state index in [-0.39, 0.29) is 5.56 Å². The summed E-state index contributed by atoms with van der Waals surface area (Å²) in [5.74, 6) is -4.44. The van der Waals surface area contributed by atoms with Crippen molar-refractivity contribution in [3.8, 4) is 0 Å². The Balaban J connectivity index is 2.51. The highest BCUT2D eigenvalue weighted by Gasteiger charge is 2.65. The lowest BCUT2D eigenvalue weighted by molar-refractivity contribution is -0.167. The van der Waals surface area contributed by atoms with Crippen molar-refractivity contribution in [2.24, 2.45) is 0 Å². The van der Waals surface area contributed by atoms with Crippen LogP contribution in [0.15, 0.2) is 30.3 Å². The summed E-state index contributed by atoms with van der Waals surface area (Å²) in [4.78, 5) is 25.4. The maximum atomic E-state index is 15.3. The molecule has 1 aromatic carbocycles. The van der Waals surface area contributed by atoms with Crippen LogP contribution in [0.3, 0.4) is 0 Å². The van der Waals surface area contributed by atoms with Crippen molar-refractivity contribution in [3.05, 3.63) is 35.9 Å². The van der Waals surface area contributed by atoms with Crippen LogP contribution in [0.25, 0.3) is 0 Å². The van der Waals surface area contributed by atoms with E-state index in [1.807, 2.05) is 0 Å². The highest BCUT2D eigenvalue weighted by Crippen LogP contribution is 2.42. The molecule has 1 heterocycles. The minimum absolute atomic E-state index is 0.272. The second-order valence-corrected chi connectivity index (χ2v) is 5.38. The molecule has 1 aliphatic heterocycles. The van der Waals surface area contributed by atoms with Gasteiger partial charge in [0.2, 0.25) is 0 Å². The summed E-state index contributed by atoms with van der Waals surface area (Å²) < 4.78 is 25.3. The molecule has 1 aromatic rings. The van der Waals surface area contributed by atoms with Crippen LogP contribution in [0.2, 0.25) is 0 Å². The van der Waals surface area contributed by atoms with Gasteiger partial charge in [-0.1, -0.05) is 18.2 Å². The summed E-state index contributed by atoms with van der Waals surface area (Å²) >= 11 is 0. The van der Waals surface area contributed by atoms with E-state index in [9.17, 15) is 9.59 Å². The highest BCUT2D eigenvalue weighted by molar-refractivity contribution is 5.98. The number of methoxy groups -OCH3 is 1. The van der Waals surface area contributed by atoms with Crippen molar-refractivity contribution in [1.82, 2.24) is 4.90 Å². The molecular formula is C15H18FNO4. The van der Waals surface area contributed by atoms with Gasteiger partial charge in [0.1, 0.15) is 11.8 Å². The molecular weight excluding hydrogens is 277 g/mol. The van der Waals surface area contributed by atoms with Gasteiger partial charge in [-0.15, -0.1) is 0 Å². The zero-order valence-corrected chi connectivity index (χ0v) is 12.4. The number of halogens is 1. The van der Waals surface area contributed by atoms with E-state index in [0.717, 1.165) is 12.0 Å². The predicted molar refractivity (Wildman–Crippen MR) is 73.1 cm³/mol. The Morgan fingerprint density at radius 3 is 2.38 bits per heavy atom. The Labute approximate surface area is 122 Å². The van der Waals surface area contributed by atoms with Gasteiger partial charge in [-0.05, 0) is 32.9 Å².